The molecule has 1 heterocycles. The van der Waals surface area contributed by atoms with Gasteiger partial charge in [0.1, 0.15) is 17.2 Å². The molecule has 0 spiro atoms. The van der Waals surface area contributed by atoms with Gasteiger partial charge in [-0.05, 0) is 43.2 Å². The number of hydrogen-bond acceptors (Lipinski definition) is 3. The van der Waals surface area contributed by atoms with Crippen LogP contribution < -0.4 is 11.3 Å². The molecule has 0 fully saturated rings. The van der Waals surface area contributed by atoms with Crippen molar-refractivity contribution in [2.75, 3.05) is 0 Å². The van der Waals surface area contributed by atoms with Crippen molar-refractivity contribution < 1.29 is 8.81 Å². The monoisotopic (exact) mass is 284 g/mol. The number of benzene rings is 2. The molecule has 2 aromatic carbocycles. The zero-order chi connectivity index (χ0) is 14.8. The van der Waals surface area contributed by atoms with Crippen LogP contribution in [0.2, 0.25) is 0 Å². The first kappa shape index (κ1) is 13.8. The third kappa shape index (κ3) is 2.96. The van der Waals surface area contributed by atoms with Gasteiger partial charge in [0.15, 0.2) is 0 Å². The number of nitrogens with one attached hydrogen (secondary N) is 1. The fourth-order valence-corrected chi connectivity index (χ4v) is 2.41. The average molecular weight is 284 g/mol. The highest BCUT2D eigenvalue weighted by molar-refractivity contribution is 5.78. The van der Waals surface area contributed by atoms with Crippen LogP contribution in [-0.2, 0) is 6.42 Å². The number of nitrogens with two attached hydrogens (primary N) is 1. The van der Waals surface area contributed by atoms with E-state index in [2.05, 4.69) is 36.6 Å². The number of fused-ring (bicyclic) bond motifs is 1. The van der Waals surface area contributed by atoms with E-state index in [1.807, 2.05) is 6.07 Å². The Morgan fingerprint density at radius 1 is 1.14 bits per heavy atom. The van der Waals surface area contributed by atoms with Gasteiger partial charge in [0.05, 0.1) is 6.04 Å². The third-order valence-corrected chi connectivity index (χ3v) is 3.60. The molecule has 108 valence electrons. The van der Waals surface area contributed by atoms with E-state index in [4.69, 9.17) is 10.3 Å². The fourth-order valence-electron chi connectivity index (χ4n) is 2.41. The van der Waals surface area contributed by atoms with Crippen LogP contribution in [0.5, 0.6) is 0 Å². The second-order valence-corrected chi connectivity index (χ2v) is 5.24. The summed E-state index contributed by atoms with van der Waals surface area (Å²) in [7, 11) is 0. The minimum atomic E-state index is -0.273. The summed E-state index contributed by atoms with van der Waals surface area (Å²) in [6, 6.07) is 14.4. The maximum atomic E-state index is 13.2. The molecule has 3 N–H and O–H groups in total. The first-order valence-corrected chi connectivity index (χ1v) is 6.86. The number of rotatable bonds is 4. The van der Waals surface area contributed by atoms with E-state index in [-0.39, 0.29) is 11.9 Å². The standard InChI is InChI=1S/C17H17FN2O/c1-11-2-4-12(5-3-11)8-15(20-19)17-10-13-9-14(18)6-7-16(13)21-17/h2-7,9-10,15,20H,8,19H2,1H3. The van der Waals surface area contributed by atoms with Crippen molar-refractivity contribution in [1.82, 2.24) is 5.43 Å². The number of hydrazine groups is 1. The summed E-state index contributed by atoms with van der Waals surface area (Å²) >= 11 is 0. The maximum absolute atomic E-state index is 13.2. The summed E-state index contributed by atoms with van der Waals surface area (Å²) < 4.78 is 19.0. The van der Waals surface area contributed by atoms with E-state index in [0.717, 1.165) is 10.9 Å². The third-order valence-electron chi connectivity index (χ3n) is 3.60. The van der Waals surface area contributed by atoms with Crippen LogP contribution in [0.1, 0.15) is 22.9 Å². The number of halogens is 1. The predicted octanol–water partition coefficient (Wildman–Crippen LogP) is 3.63. The quantitative estimate of drug-likeness (QED) is 0.568. The molecule has 3 nitrogen and oxygen atoms in total. The molecule has 1 atom stereocenters. The van der Waals surface area contributed by atoms with Gasteiger partial charge in [0.25, 0.3) is 0 Å². The van der Waals surface area contributed by atoms with Crippen LogP contribution in [0.25, 0.3) is 11.0 Å². The molecule has 0 radical (unpaired) electrons. The molecular weight excluding hydrogens is 267 g/mol. The van der Waals surface area contributed by atoms with Gasteiger partial charge in [-0.1, -0.05) is 29.8 Å². The smallest absolute Gasteiger partial charge is 0.134 e. The van der Waals surface area contributed by atoms with Gasteiger partial charge in [0, 0.05) is 5.39 Å². The normalized spacial score (nSPS) is 12.7. The average Bonchev–Trinajstić information content (AvgIpc) is 2.89. The topological polar surface area (TPSA) is 51.2 Å². The summed E-state index contributed by atoms with van der Waals surface area (Å²) in [5, 5.41) is 0.745. The lowest BCUT2D eigenvalue weighted by Gasteiger charge is -2.13. The Bertz CT molecular complexity index is 749. The molecule has 4 heteroatoms. The van der Waals surface area contributed by atoms with Crippen molar-refractivity contribution in [3.8, 4) is 0 Å². The molecule has 0 aliphatic heterocycles. The molecule has 0 saturated heterocycles. The van der Waals surface area contributed by atoms with Crippen molar-refractivity contribution in [3.63, 3.8) is 0 Å². The Hall–Kier alpha value is -2.17. The van der Waals surface area contributed by atoms with Crippen molar-refractivity contribution in [3.05, 3.63) is 71.2 Å². The van der Waals surface area contributed by atoms with Gasteiger partial charge in [-0.2, -0.15) is 0 Å². The lowest BCUT2D eigenvalue weighted by atomic mass is 10.0. The number of furan rings is 1. The Balaban J connectivity index is 1.88. The molecule has 1 aromatic heterocycles. The van der Waals surface area contributed by atoms with Crippen LogP contribution in [0.4, 0.5) is 4.39 Å². The van der Waals surface area contributed by atoms with Crippen LogP contribution in [0, 0.1) is 12.7 Å². The first-order chi connectivity index (χ1) is 10.2. The maximum Gasteiger partial charge on any atom is 0.134 e. The van der Waals surface area contributed by atoms with Gasteiger partial charge in [-0.25, -0.2) is 9.82 Å². The highest BCUT2D eigenvalue weighted by atomic mass is 19.1. The predicted molar refractivity (Wildman–Crippen MR) is 81.1 cm³/mol. The Morgan fingerprint density at radius 3 is 2.62 bits per heavy atom. The Labute approximate surface area is 122 Å². The zero-order valence-electron chi connectivity index (χ0n) is 11.8. The molecule has 3 rings (SSSR count). The largest absolute Gasteiger partial charge is 0.459 e. The SMILES string of the molecule is Cc1ccc(CC(NN)c2cc3cc(F)ccc3o2)cc1. The van der Waals surface area contributed by atoms with Gasteiger partial charge >= 0.3 is 0 Å². The molecule has 0 amide bonds. The number of aryl methyl sites for hydroxylation is 1. The van der Waals surface area contributed by atoms with Gasteiger partial charge in [0.2, 0.25) is 0 Å². The first-order valence-electron chi connectivity index (χ1n) is 6.86. The Morgan fingerprint density at radius 2 is 1.90 bits per heavy atom. The summed E-state index contributed by atoms with van der Waals surface area (Å²) in [4.78, 5) is 0. The van der Waals surface area contributed by atoms with Crippen molar-refractivity contribution in [2.24, 2.45) is 5.84 Å². The molecular formula is C17H17FN2O. The summed E-state index contributed by atoms with van der Waals surface area (Å²) in [6.07, 6.45) is 0.707. The molecule has 0 saturated carbocycles. The van der Waals surface area contributed by atoms with E-state index < -0.39 is 0 Å². The van der Waals surface area contributed by atoms with E-state index in [0.29, 0.717) is 17.8 Å². The molecule has 21 heavy (non-hydrogen) atoms. The minimum Gasteiger partial charge on any atom is -0.459 e. The van der Waals surface area contributed by atoms with E-state index >= 15 is 0 Å². The summed E-state index contributed by atoms with van der Waals surface area (Å²) in [5.74, 6) is 6.08. The fraction of sp³-hybridized carbons (Fsp3) is 0.176. The second kappa shape index (κ2) is 5.68. The van der Waals surface area contributed by atoms with Crippen LogP contribution in [-0.4, -0.2) is 0 Å². The van der Waals surface area contributed by atoms with Gasteiger partial charge in [-0.3, -0.25) is 5.84 Å². The molecule has 0 aliphatic rings. The minimum absolute atomic E-state index is 0.150. The van der Waals surface area contributed by atoms with Crippen LogP contribution in [0.15, 0.2) is 52.9 Å². The number of hydrogen-bond donors (Lipinski definition) is 2. The van der Waals surface area contributed by atoms with E-state index in [1.165, 1.54) is 17.7 Å². The van der Waals surface area contributed by atoms with E-state index in [9.17, 15) is 4.39 Å². The van der Waals surface area contributed by atoms with Crippen LogP contribution >= 0.6 is 0 Å². The lowest BCUT2D eigenvalue weighted by Crippen LogP contribution is -2.29. The van der Waals surface area contributed by atoms with Gasteiger partial charge in [-0.15, -0.1) is 0 Å². The second-order valence-electron chi connectivity index (χ2n) is 5.24. The van der Waals surface area contributed by atoms with Crippen LogP contribution in [0.3, 0.4) is 0 Å². The van der Waals surface area contributed by atoms with Crippen molar-refractivity contribution in [2.45, 2.75) is 19.4 Å². The highest BCUT2D eigenvalue weighted by Gasteiger charge is 2.16. The molecule has 1 unspecified atom stereocenters. The molecule has 0 aliphatic carbocycles. The van der Waals surface area contributed by atoms with E-state index in [1.54, 1.807) is 6.07 Å². The highest BCUT2D eigenvalue weighted by Crippen LogP contribution is 2.26. The van der Waals surface area contributed by atoms with Gasteiger partial charge < -0.3 is 4.42 Å². The lowest BCUT2D eigenvalue weighted by molar-refractivity contribution is 0.434. The van der Waals surface area contributed by atoms with Crippen molar-refractivity contribution in [1.29, 1.82) is 0 Å². The zero-order valence-corrected chi connectivity index (χ0v) is 11.8. The summed E-state index contributed by atoms with van der Waals surface area (Å²) in [6.45, 7) is 2.05. The van der Waals surface area contributed by atoms with Crippen molar-refractivity contribution >= 4 is 11.0 Å². The Kier molecular flexibility index (Phi) is 3.73. The summed E-state index contributed by atoms with van der Waals surface area (Å²) in [5.41, 5.74) is 5.81. The molecule has 3 aromatic rings. The molecule has 0 bridgehead atoms.